The van der Waals surface area contributed by atoms with Gasteiger partial charge in [-0.1, -0.05) is 71.7 Å². The SMILES string of the molecule is C[C@H](NC(=O)[C@H](N)Cc1ccc(O)cc1)C(=O)NCC(=O)N[C@H](Cc1ccc(Cl)cc1)C(=O)NNC(=O)[C@H](Cc1ccc(Cl)cc1)NC(=O)CNC(=O)[C@@H](C)NC(=O)[C@@H](N)Cc1ccc(O)cc1. The molecule has 0 aliphatic heterocycles. The molecule has 0 saturated heterocycles. The van der Waals surface area contributed by atoms with Gasteiger partial charge < -0.3 is 53.6 Å². The first-order chi connectivity index (χ1) is 32.3. The van der Waals surface area contributed by atoms with E-state index in [0.717, 1.165) is 0 Å². The smallest absolute Gasteiger partial charge is 0.261 e. The zero-order valence-electron chi connectivity index (χ0n) is 37.0. The highest BCUT2D eigenvalue weighted by Crippen LogP contribution is 2.14. The first-order valence-corrected chi connectivity index (χ1v) is 21.9. The van der Waals surface area contributed by atoms with E-state index >= 15 is 0 Å². The number of carbonyl (C=O) groups is 8. The van der Waals surface area contributed by atoms with Gasteiger partial charge in [-0.15, -0.1) is 0 Å². The molecule has 0 heterocycles. The number of carbonyl (C=O) groups excluding carboxylic acids is 8. The quantitative estimate of drug-likeness (QED) is 0.0452. The summed E-state index contributed by atoms with van der Waals surface area (Å²) in [5.74, 6) is -6.01. The number of hydrazine groups is 1. The van der Waals surface area contributed by atoms with Crippen LogP contribution in [0.5, 0.6) is 11.5 Å². The second-order valence-electron chi connectivity index (χ2n) is 15.7. The van der Waals surface area contributed by atoms with Crippen LogP contribution in [0.3, 0.4) is 0 Å². The fraction of sp³-hybridized carbons (Fsp3) is 0.304. The highest BCUT2D eigenvalue weighted by Gasteiger charge is 2.27. The summed E-state index contributed by atoms with van der Waals surface area (Å²) >= 11 is 12.1. The van der Waals surface area contributed by atoms with Gasteiger partial charge in [0.15, 0.2) is 0 Å². The van der Waals surface area contributed by atoms with E-state index in [0.29, 0.717) is 32.3 Å². The molecule has 4 aromatic carbocycles. The maximum Gasteiger partial charge on any atom is 0.261 e. The highest BCUT2D eigenvalue weighted by atomic mass is 35.5. The van der Waals surface area contributed by atoms with E-state index in [1.54, 1.807) is 72.8 Å². The fourth-order valence-electron chi connectivity index (χ4n) is 6.29. The van der Waals surface area contributed by atoms with Crippen LogP contribution in [-0.2, 0) is 64.0 Å². The Hall–Kier alpha value is -7.26. The molecular formula is C46H54Cl2N10O10. The summed E-state index contributed by atoms with van der Waals surface area (Å²) in [5, 5.41) is 34.6. The summed E-state index contributed by atoms with van der Waals surface area (Å²) in [6.45, 7) is 1.56. The van der Waals surface area contributed by atoms with Gasteiger partial charge in [-0.25, -0.2) is 0 Å². The number of halogens is 2. The Morgan fingerprint density at radius 1 is 0.441 bits per heavy atom. The van der Waals surface area contributed by atoms with Gasteiger partial charge in [-0.3, -0.25) is 49.2 Å². The van der Waals surface area contributed by atoms with Gasteiger partial charge in [0.1, 0.15) is 35.7 Å². The Balaban J connectivity index is 1.33. The van der Waals surface area contributed by atoms with Crippen molar-refractivity contribution in [2.75, 3.05) is 13.1 Å². The standard InChI is InChI=1S/C46H54Cl2N10O10/c1-25(53-43(65)35(49)19-27-7-15-33(59)16-8-27)41(63)51-23-39(61)55-37(21-29-3-11-31(47)12-4-29)45(67)57-58-46(68)38(22-30-5-13-32(48)14-6-30)56-40(62)24-52-42(64)26(2)54-44(66)36(50)20-28-9-17-34(60)18-10-28/h3-18,25-26,35-38,59-60H,19-24,49-50H2,1-2H3,(H,51,63)(H,52,64)(H,53,65)(H,54,66)(H,55,61)(H,56,62)(H,57,67)(H,58,68)/t25-,26+,35+,36-,37+,38-. The molecule has 0 aliphatic rings. The lowest BCUT2D eigenvalue weighted by Gasteiger charge is -2.22. The maximum atomic E-state index is 13.6. The molecule has 6 atom stereocenters. The van der Waals surface area contributed by atoms with Crippen molar-refractivity contribution in [3.8, 4) is 11.5 Å². The van der Waals surface area contributed by atoms with E-state index in [1.165, 1.54) is 38.1 Å². The highest BCUT2D eigenvalue weighted by molar-refractivity contribution is 6.30. The first-order valence-electron chi connectivity index (χ1n) is 21.2. The summed E-state index contributed by atoms with van der Waals surface area (Å²) in [5.41, 5.74) is 19.0. The fourth-order valence-corrected chi connectivity index (χ4v) is 6.54. The van der Waals surface area contributed by atoms with Crippen LogP contribution in [-0.4, -0.2) is 107 Å². The molecule has 8 amide bonds. The number of aromatic hydroxyl groups is 2. The van der Waals surface area contributed by atoms with Crippen molar-refractivity contribution in [2.24, 2.45) is 11.5 Å². The van der Waals surface area contributed by atoms with E-state index < -0.39 is 96.6 Å². The monoisotopic (exact) mass is 976 g/mol. The molecule has 0 fully saturated rings. The topological polar surface area (TPSA) is 325 Å². The van der Waals surface area contributed by atoms with Crippen LogP contribution in [0.1, 0.15) is 36.1 Å². The molecule has 14 N–H and O–H groups in total. The van der Waals surface area contributed by atoms with Gasteiger partial charge in [0.2, 0.25) is 35.4 Å². The minimum atomic E-state index is -1.33. The number of rotatable bonds is 22. The van der Waals surface area contributed by atoms with Crippen LogP contribution in [0.4, 0.5) is 0 Å². The van der Waals surface area contributed by atoms with Gasteiger partial charge in [0.25, 0.3) is 11.8 Å². The molecule has 22 heteroatoms. The molecule has 4 rings (SSSR count). The zero-order valence-corrected chi connectivity index (χ0v) is 38.5. The van der Waals surface area contributed by atoms with Crippen molar-refractivity contribution in [3.05, 3.63) is 129 Å². The summed E-state index contributed by atoms with van der Waals surface area (Å²) in [7, 11) is 0. The molecule has 0 radical (unpaired) electrons. The van der Waals surface area contributed by atoms with Crippen molar-refractivity contribution in [2.45, 2.75) is 75.8 Å². The second kappa shape index (κ2) is 26.2. The van der Waals surface area contributed by atoms with Gasteiger partial charge in [0.05, 0.1) is 25.2 Å². The lowest BCUT2D eigenvalue weighted by Crippen LogP contribution is -2.59. The number of phenolic OH excluding ortho intramolecular Hbond substituents is 2. The predicted octanol–water partition coefficient (Wildman–Crippen LogP) is -0.311. The number of benzene rings is 4. The number of nitrogens with two attached hydrogens (primary N) is 2. The van der Waals surface area contributed by atoms with Crippen LogP contribution >= 0.6 is 23.2 Å². The molecule has 0 bridgehead atoms. The summed E-state index contributed by atoms with van der Waals surface area (Å²) < 4.78 is 0. The zero-order chi connectivity index (χ0) is 49.9. The molecule has 0 unspecified atom stereocenters. The number of nitrogens with one attached hydrogen (secondary N) is 8. The summed E-state index contributed by atoms with van der Waals surface area (Å²) in [6.07, 6.45) is 0.0570. The molecular weight excluding hydrogens is 923 g/mol. The van der Waals surface area contributed by atoms with Gasteiger partial charge in [-0.2, -0.15) is 0 Å². The first kappa shape index (κ1) is 53.4. The van der Waals surface area contributed by atoms with Crippen LogP contribution in [0.15, 0.2) is 97.1 Å². The van der Waals surface area contributed by atoms with E-state index in [9.17, 15) is 48.6 Å². The van der Waals surface area contributed by atoms with E-state index in [1.807, 2.05) is 0 Å². The molecule has 0 saturated carbocycles. The Labute approximate surface area is 401 Å². The van der Waals surface area contributed by atoms with Crippen LogP contribution in [0, 0.1) is 0 Å². The molecule has 0 aromatic heterocycles. The van der Waals surface area contributed by atoms with E-state index in [4.69, 9.17) is 34.7 Å². The van der Waals surface area contributed by atoms with E-state index in [2.05, 4.69) is 42.8 Å². The number of hydrogen-bond acceptors (Lipinski definition) is 12. The Morgan fingerprint density at radius 3 is 1.06 bits per heavy atom. The minimum Gasteiger partial charge on any atom is -0.508 e. The molecule has 20 nitrogen and oxygen atoms in total. The number of phenols is 2. The third-order valence-electron chi connectivity index (χ3n) is 10.1. The summed E-state index contributed by atoms with van der Waals surface area (Å²) in [4.78, 5) is 105. The van der Waals surface area contributed by atoms with Crippen LogP contribution < -0.4 is 54.2 Å². The lowest BCUT2D eigenvalue weighted by atomic mass is 10.0. The van der Waals surface area contributed by atoms with Gasteiger partial charge in [0, 0.05) is 22.9 Å². The van der Waals surface area contributed by atoms with Crippen molar-refractivity contribution < 1.29 is 48.6 Å². The van der Waals surface area contributed by atoms with Gasteiger partial charge >= 0.3 is 0 Å². The number of hydrogen-bond donors (Lipinski definition) is 12. The van der Waals surface area contributed by atoms with Crippen LogP contribution in [0.25, 0.3) is 0 Å². The average molecular weight is 978 g/mol. The Morgan fingerprint density at radius 2 is 0.735 bits per heavy atom. The second-order valence-corrected chi connectivity index (χ2v) is 16.6. The average Bonchev–Trinajstić information content (AvgIpc) is 3.31. The third-order valence-corrected chi connectivity index (χ3v) is 10.6. The third kappa shape index (κ3) is 18.2. The normalized spacial score (nSPS) is 13.4. The molecule has 0 spiro atoms. The Bertz CT molecular complexity index is 2230. The molecule has 362 valence electrons. The largest absolute Gasteiger partial charge is 0.508 e. The minimum absolute atomic E-state index is 0.0494. The molecule has 68 heavy (non-hydrogen) atoms. The number of amides is 8. The van der Waals surface area contributed by atoms with Gasteiger partial charge in [-0.05, 0) is 97.5 Å². The predicted molar refractivity (Wildman–Crippen MR) is 251 cm³/mol. The Kier molecular flexibility index (Phi) is 20.5. The van der Waals surface area contributed by atoms with E-state index in [-0.39, 0.29) is 37.2 Å². The van der Waals surface area contributed by atoms with Crippen molar-refractivity contribution >= 4 is 70.5 Å². The summed E-state index contributed by atoms with van der Waals surface area (Å²) in [6, 6.07) is 18.1. The van der Waals surface area contributed by atoms with Crippen molar-refractivity contribution in [1.29, 1.82) is 0 Å². The lowest BCUT2D eigenvalue weighted by molar-refractivity contribution is -0.134. The van der Waals surface area contributed by atoms with Crippen molar-refractivity contribution in [1.82, 2.24) is 42.8 Å². The maximum absolute atomic E-state index is 13.6. The molecule has 0 aliphatic carbocycles. The van der Waals surface area contributed by atoms with Crippen molar-refractivity contribution in [3.63, 3.8) is 0 Å². The molecule has 4 aromatic rings. The van der Waals surface area contributed by atoms with Crippen LogP contribution in [0.2, 0.25) is 10.0 Å².